The number of amides is 1. The van der Waals surface area contributed by atoms with Crippen LogP contribution in [0, 0.1) is 0 Å². The molecule has 0 saturated heterocycles. The normalized spacial score (nSPS) is 12.6. The standard InChI is InChI=1S/C15H25N3O3S.ClH/c1-5-16-12(4)10-17-15(19)13-7-6-8-14(9-13)22(20,21)18-11(2)3;/h6-9,11-12,16,18H,5,10H2,1-4H3,(H,17,19);1H/t12-;/m1./s1. The van der Waals surface area contributed by atoms with Gasteiger partial charge in [-0.15, -0.1) is 12.4 Å². The van der Waals surface area contributed by atoms with Gasteiger partial charge in [0.05, 0.1) is 4.90 Å². The van der Waals surface area contributed by atoms with Crippen molar-refractivity contribution in [2.75, 3.05) is 13.1 Å². The van der Waals surface area contributed by atoms with Crippen molar-refractivity contribution < 1.29 is 13.2 Å². The van der Waals surface area contributed by atoms with Gasteiger partial charge in [0, 0.05) is 24.2 Å². The summed E-state index contributed by atoms with van der Waals surface area (Å²) in [5.41, 5.74) is 0.329. The maximum Gasteiger partial charge on any atom is 0.251 e. The van der Waals surface area contributed by atoms with Crippen LogP contribution < -0.4 is 15.4 Å². The second-order valence-corrected chi connectivity index (χ2v) is 7.19. The van der Waals surface area contributed by atoms with E-state index in [1.807, 2.05) is 13.8 Å². The van der Waals surface area contributed by atoms with Crippen LogP contribution in [0.15, 0.2) is 29.2 Å². The fourth-order valence-corrected chi connectivity index (χ4v) is 3.25. The first-order valence-corrected chi connectivity index (χ1v) is 8.88. The molecule has 1 rings (SSSR count). The van der Waals surface area contributed by atoms with Gasteiger partial charge in [-0.25, -0.2) is 13.1 Å². The number of hydrogen-bond donors (Lipinski definition) is 3. The minimum absolute atomic E-state index is 0. The van der Waals surface area contributed by atoms with Crippen LogP contribution in [0.1, 0.15) is 38.1 Å². The highest BCUT2D eigenvalue weighted by molar-refractivity contribution is 7.89. The number of halogens is 1. The highest BCUT2D eigenvalue weighted by Crippen LogP contribution is 2.12. The van der Waals surface area contributed by atoms with E-state index in [1.54, 1.807) is 26.0 Å². The molecule has 0 aliphatic heterocycles. The van der Waals surface area contributed by atoms with Gasteiger partial charge >= 0.3 is 0 Å². The zero-order chi connectivity index (χ0) is 16.8. The number of carbonyl (C=O) groups is 1. The Morgan fingerprint density at radius 1 is 1.22 bits per heavy atom. The summed E-state index contributed by atoms with van der Waals surface area (Å²) in [6, 6.07) is 5.98. The van der Waals surface area contributed by atoms with E-state index in [4.69, 9.17) is 0 Å². The SMILES string of the molecule is CCN[C@H](C)CNC(=O)c1cccc(S(=O)(=O)NC(C)C)c1.Cl. The molecule has 6 nitrogen and oxygen atoms in total. The number of sulfonamides is 1. The first kappa shape index (κ1) is 21.9. The molecule has 0 aliphatic carbocycles. The number of nitrogens with one attached hydrogen (secondary N) is 3. The van der Waals surface area contributed by atoms with E-state index >= 15 is 0 Å². The van der Waals surface area contributed by atoms with Gasteiger partial charge in [0.25, 0.3) is 5.91 Å². The lowest BCUT2D eigenvalue weighted by atomic mass is 10.2. The second-order valence-electron chi connectivity index (χ2n) is 5.47. The van der Waals surface area contributed by atoms with E-state index in [0.29, 0.717) is 12.1 Å². The summed E-state index contributed by atoms with van der Waals surface area (Å²) in [5.74, 6) is -0.286. The Morgan fingerprint density at radius 2 is 1.87 bits per heavy atom. The largest absolute Gasteiger partial charge is 0.350 e. The summed E-state index contributed by atoms with van der Waals surface area (Å²) in [7, 11) is -3.60. The molecule has 0 aliphatic rings. The monoisotopic (exact) mass is 363 g/mol. The lowest BCUT2D eigenvalue weighted by Crippen LogP contribution is -2.38. The molecule has 1 aromatic rings. The highest BCUT2D eigenvalue weighted by Gasteiger charge is 2.17. The van der Waals surface area contributed by atoms with E-state index in [9.17, 15) is 13.2 Å². The molecule has 3 N–H and O–H groups in total. The van der Waals surface area contributed by atoms with Gasteiger partial charge < -0.3 is 10.6 Å². The van der Waals surface area contributed by atoms with Crippen LogP contribution in [0.25, 0.3) is 0 Å². The maximum atomic E-state index is 12.1. The topological polar surface area (TPSA) is 87.3 Å². The Morgan fingerprint density at radius 3 is 2.43 bits per heavy atom. The molecular formula is C15H26ClN3O3S. The van der Waals surface area contributed by atoms with E-state index in [2.05, 4.69) is 15.4 Å². The highest BCUT2D eigenvalue weighted by atomic mass is 35.5. The third-order valence-corrected chi connectivity index (χ3v) is 4.58. The Balaban J connectivity index is 0.00000484. The van der Waals surface area contributed by atoms with Crippen molar-refractivity contribution in [2.24, 2.45) is 0 Å². The summed E-state index contributed by atoms with van der Waals surface area (Å²) in [5, 5.41) is 5.98. The smallest absolute Gasteiger partial charge is 0.251 e. The van der Waals surface area contributed by atoms with Crippen molar-refractivity contribution >= 4 is 28.3 Å². The molecule has 0 bridgehead atoms. The summed E-state index contributed by atoms with van der Waals surface area (Å²) in [6.07, 6.45) is 0. The molecule has 8 heteroatoms. The quantitative estimate of drug-likeness (QED) is 0.653. The molecule has 132 valence electrons. The second kappa shape index (κ2) is 9.87. The molecule has 1 atom stereocenters. The van der Waals surface area contributed by atoms with E-state index in [-0.39, 0.29) is 35.3 Å². The van der Waals surface area contributed by atoms with Crippen molar-refractivity contribution in [3.63, 3.8) is 0 Å². The average molecular weight is 364 g/mol. The van der Waals surface area contributed by atoms with Gasteiger partial charge in [-0.1, -0.05) is 13.0 Å². The lowest BCUT2D eigenvalue weighted by molar-refractivity contribution is 0.0950. The Bertz CT molecular complexity index is 606. The first-order chi connectivity index (χ1) is 10.3. The summed E-state index contributed by atoms with van der Waals surface area (Å²) in [6.45, 7) is 8.76. The van der Waals surface area contributed by atoms with Crippen LogP contribution in [0.2, 0.25) is 0 Å². The van der Waals surface area contributed by atoms with Crippen molar-refractivity contribution in [1.29, 1.82) is 0 Å². The fourth-order valence-electron chi connectivity index (χ4n) is 1.95. The third kappa shape index (κ3) is 7.30. The first-order valence-electron chi connectivity index (χ1n) is 7.40. The summed E-state index contributed by atoms with van der Waals surface area (Å²) in [4.78, 5) is 12.2. The number of benzene rings is 1. The van der Waals surface area contributed by atoms with Gasteiger partial charge in [-0.3, -0.25) is 4.79 Å². The van der Waals surface area contributed by atoms with Crippen molar-refractivity contribution in [3.8, 4) is 0 Å². The van der Waals surface area contributed by atoms with Crippen LogP contribution >= 0.6 is 12.4 Å². The molecule has 0 unspecified atom stereocenters. The maximum absolute atomic E-state index is 12.1. The van der Waals surface area contributed by atoms with E-state index in [1.165, 1.54) is 12.1 Å². The minimum atomic E-state index is -3.60. The fraction of sp³-hybridized carbons (Fsp3) is 0.533. The van der Waals surface area contributed by atoms with E-state index in [0.717, 1.165) is 6.54 Å². The molecule has 0 spiro atoms. The predicted molar refractivity (Wildman–Crippen MR) is 94.6 cm³/mol. The molecular weight excluding hydrogens is 338 g/mol. The molecule has 0 saturated carbocycles. The van der Waals surface area contributed by atoms with Crippen LogP contribution in [0.4, 0.5) is 0 Å². The Hall–Kier alpha value is -1.15. The number of carbonyl (C=O) groups excluding carboxylic acids is 1. The third-order valence-electron chi connectivity index (χ3n) is 2.92. The Labute approximate surface area is 144 Å². The molecule has 0 radical (unpaired) electrons. The van der Waals surface area contributed by atoms with Gasteiger partial charge in [-0.05, 0) is 45.5 Å². The van der Waals surface area contributed by atoms with Crippen LogP contribution in [0.5, 0.6) is 0 Å². The van der Waals surface area contributed by atoms with Gasteiger partial charge in [0.2, 0.25) is 10.0 Å². The number of likely N-dealkylation sites (N-methyl/N-ethyl adjacent to an activating group) is 1. The van der Waals surface area contributed by atoms with Crippen LogP contribution in [-0.4, -0.2) is 39.5 Å². The summed E-state index contributed by atoms with van der Waals surface area (Å²) < 4.78 is 26.7. The zero-order valence-electron chi connectivity index (χ0n) is 13.9. The van der Waals surface area contributed by atoms with Gasteiger partial charge in [0.1, 0.15) is 0 Å². The number of rotatable bonds is 8. The molecule has 0 aromatic heterocycles. The van der Waals surface area contributed by atoms with Crippen molar-refractivity contribution in [1.82, 2.24) is 15.4 Å². The minimum Gasteiger partial charge on any atom is -0.350 e. The van der Waals surface area contributed by atoms with Gasteiger partial charge in [0.15, 0.2) is 0 Å². The van der Waals surface area contributed by atoms with E-state index < -0.39 is 10.0 Å². The molecule has 0 heterocycles. The molecule has 1 aromatic carbocycles. The van der Waals surface area contributed by atoms with Crippen molar-refractivity contribution in [2.45, 2.75) is 44.7 Å². The average Bonchev–Trinajstić information content (AvgIpc) is 2.44. The molecule has 23 heavy (non-hydrogen) atoms. The lowest BCUT2D eigenvalue weighted by Gasteiger charge is -2.14. The Kier molecular flexibility index (Phi) is 9.38. The van der Waals surface area contributed by atoms with Crippen LogP contribution in [0.3, 0.4) is 0 Å². The zero-order valence-corrected chi connectivity index (χ0v) is 15.6. The number of hydrogen-bond acceptors (Lipinski definition) is 4. The molecule has 0 fully saturated rings. The summed E-state index contributed by atoms with van der Waals surface area (Å²) >= 11 is 0. The van der Waals surface area contributed by atoms with Gasteiger partial charge in [-0.2, -0.15) is 0 Å². The molecule has 1 amide bonds. The van der Waals surface area contributed by atoms with Crippen LogP contribution in [-0.2, 0) is 10.0 Å². The predicted octanol–water partition coefficient (Wildman–Crippen LogP) is 1.52. The van der Waals surface area contributed by atoms with Crippen molar-refractivity contribution in [3.05, 3.63) is 29.8 Å².